The van der Waals surface area contributed by atoms with Gasteiger partial charge in [0.25, 0.3) is 0 Å². The number of rotatable bonds is 4. The third kappa shape index (κ3) is 2.67. The molecule has 0 saturated carbocycles. The standard InChI is InChI=1S/C11H13N3O6S/c12-11(16)8-2-1-5-13(8)21(19,20)7-3-4-10(15)9(6-7)14(17)18/h3-4,6,8,15H,1-2,5H2,(H2,12,16). The van der Waals surface area contributed by atoms with Gasteiger partial charge < -0.3 is 10.8 Å². The van der Waals surface area contributed by atoms with E-state index in [2.05, 4.69) is 0 Å². The summed E-state index contributed by atoms with van der Waals surface area (Å²) in [6.07, 6.45) is 0.793. The van der Waals surface area contributed by atoms with Crippen LogP contribution in [-0.2, 0) is 14.8 Å². The summed E-state index contributed by atoms with van der Waals surface area (Å²) in [5.41, 5.74) is 4.46. The number of phenols is 1. The predicted molar refractivity (Wildman–Crippen MR) is 70.9 cm³/mol. The fraction of sp³-hybridized carbons (Fsp3) is 0.364. The molecule has 1 amide bonds. The van der Waals surface area contributed by atoms with Crippen molar-refractivity contribution in [3.63, 3.8) is 0 Å². The number of sulfonamides is 1. The van der Waals surface area contributed by atoms with E-state index in [1.165, 1.54) is 0 Å². The average molecular weight is 315 g/mol. The van der Waals surface area contributed by atoms with Crippen LogP contribution in [0.15, 0.2) is 23.1 Å². The van der Waals surface area contributed by atoms with E-state index in [-0.39, 0.29) is 11.4 Å². The van der Waals surface area contributed by atoms with Crippen LogP contribution >= 0.6 is 0 Å². The number of carbonyl (C=O) groups is 1. The van der Waals surface area contributed by atoms with Gasteiger partial charge in [-0.05, 0) is 25.0 Å². The summed E-state index contributed by atoms with van der Waals surface area (Å²) in [4.78, 5) is 20.8. The second-order valence-corrected chi connectivity index (χ2v) is 6.47. The number of nitrogens with zero attached hydrogens (tertiary/aromatic N) is 2. The lowest BCUT2D eigenvalue weighted by Crippen LogP contribution is -2.43. The number of phenolic OH excluding ortho intramolecular Hbond substituents is 1. The molecule has 1 aliphatic heterocycles. The van der Waals surface area contributed by atoms with Gasteiger partial charge in [-0.25, -0.2) is 8.42 Å². The summed E-state index contributed by atoms with van der Waals surface area (Å²) < 4.78 is 25.8. The van der Waals surface area contributed by atoms with Crippen LogP contribution in [0.5, 0.6) is 5.75 Å². The number of hydrogen-bond acceptors (Lipinski definition) is 6. The van der Waals surface area contributed by atoms with Crippen molar-refractivity contribution in [1.29, 1.82) is 0 Å². The van der Waals surface area contributed by atoms with E-state index < -0.39 is 38.3 Å². The number of nitrogens with two attached hydrogens (primary N) is 1. The molecule has 3 N–H and O–H groups in total. The summed E-state index contributed by atoms with van der Waals surface area (Å²) in [5, 5.41) is 20.1. The Labute approximate surface area is 120 Å². The molecule has 2 rings (SSSR count). The van der Waals surface area contributed by atoms with E-state index in [9.17, 15) is 28.4 Å². The lowest BCUT2D eigenvalue weighted by molar-refractivity contribution is -0.386. The predicted octanol–water partition coefficient (Wildman–Crippen LogP) is -0.0612. The van der Waals surface area contributed by atoms with Gasteiger partial charge in [0.15, 0.2) is 5.75 Å². The largest absolute Gasteiger partial charge is 0.502 e. The number of primary amides is 1. The van der Waals surface area contributed by atoms with Gasteiger partial charge in [-0.2, -0.15) is 4.31 Å². The molecule has 1 fully saturated rings. The van der Waals surface area contributed by atoms with Crippen molar-refractivity contribution >= 4 is 21.6 Å². The molecule has 0 aromatic heterocycles. The summed E-state index contributed by atoms with van der Waals surface area (Å²) >= 11 is 0. The van der Waals surface area contributed by atoms with E-state index >= 15 is 0 Å². The van der Waals surface area contributed by atoms with E-state index in [0.717, 1.165) is 22.5 Å². The maximum Gasteiger partial charge on any atom is 0.312 e. The highest BCUT2D eigenvalue weighted by Gasteiger charge is 2.39. The lowest BCUT2D eigenvalue weighted by Gasteiger charge is -2.21. The smallest absolute Gasteiger partial charge is 0.312 e. The number of hydrogen-bond donors (Lipinski definition) is 2. The van der Waals surface area contributed by atoms with Crippen molar-refractivity contribution in [2.24, 2.45) is 5.73 Å². The molecule has 0 radical (unpaired) electrons. The summed E-state index contributed by atoms with van der Waals surface area (Å²) in [7, 11) is -4.09. The van der Waals surface area contributed by atoms with Crippen LogP contribution in [0, 0.1) is 10.1 Å². The number of amides is 1. The first-order chi connectivity index (χ1) is 9.75. The zero-order valence-electron chi connectivity index (χ0n) is 10.8. The lowest BCUT2D eigenvalue weighted by atomic mass is 10.2. The molecule has 9 nitrogen and oxygen atoms in total. The number of aromatic hydroxyl groups is 1. The SMILES string of the molecule is NC(=O)C1CCCN1S(=O)(=O)c1ccc(O)c([N+](=O)[O-])c1. The van der Waals surface area contributed by atoms with E-state index in [1.54, 1.807) is 0 Å². The van der Waals surface area contributed by atoms with Crippen LogP contribution in [-0.4, -0.2) is 41.2 Å². The molecule has 1 aromatic rings. The number of nitro groups is 1. The monoisotopic (exact) mass is 315 g/mol. The molecule has 1 atom stereocenters. The first kappa shape index (κ1) is 15.2. The maximum atomic E-state index is 12.4. The first-order valence-electron chi connectivity index (χ1n) is 6.03. The molecular formula is C11H13N3O6S. The normalized spacial score (nSPS) is 19.5. The molecule has 1 unspecified atom stereocenters. The van der Waals surface area contributed by atoms with Crippen molar-refractivity contribution in [3.05, 3.63) is 28.3 Å². The number of carbonyl (C=O) groups excluding carboxylic acids is 1. The Hall–Kier alpha value is -2.20. The van der Waals surface area contributed by atoms with Crippen LogP contribution in [0.25, 0.3) is 0 Å². The zero-order valence-corrected chi connectivity index (χ0v) is 11.6. The third-order valence-corrected chi connectivity index (χ3v) is 5.19. The highest BCUT2D eigenvalue weighted by Crippen LogP contribution is 2.32. The molecule has 1 aliphatic rings. The highest BCUT2D eigenvalue weighted by molar-refractivity contribution is 7.89. The van der Waals surface area contributed by atoms with Crippen molar-refractivity contribution in [2.75, 3.05) is 6.54 Å². The molecule has 1 saturated heterocycles. The Balaban J connectivity index is 2.47. The molecule has 0 aliphatic carbocycles. The van der Waals surface area contributed by atoms with Gasteiger partial charge in [-0.3, -0.25) is 14.9 Å². The molecule has 10 heteroatoms. The Morgan fingerprint density at radius 1 is 1.48 bits per heavy atom. The average Bonchev–Trinajstić information content (AvgIpc) is 2.88. The van der Waals surface area contributed by atoms with Gasteiger partial charge in [0.2, 0.25) is 15.9 Å². The Morgan fingerprint density at radius 2 is 2.14 bits per heavy atom. The topological polar surface area (TPSA) is 144 Å². The zero-order chi connectivity index (χ0) is 15.8. The fourth-order valence-electron chi connectivity index (χ4n) is 2.26. The minimum Gasteiger partial charge on any atom is -0.502 e. The van der Waals surface area contributed by atoms with Crippen LogP contribution < -0.4 is 5.73 Å². The first-order valence-corrected chi connectivity index (χ1v) is 7.47. The van der Waals surface area contributed by atoms with Gasteiger partial charge in [-0.15, -0.1) is 0 Å². The van der Waals surface area contributed by atoms with Crippen molar-refractivity contribution < 1.29 is 23.2 Å². The van der Waals surface area contributed by atoms with Gasteiger partial charge in [-0.1, -0.05) is 0 Å². The maximum absolute atomic E-state index is 12.4. The summed E-state index contributed by atoms with van der Waals surface area (Å²) in [6.45, 7) is 0.116. The molecule has 21 heavy (non-hydrogen) atoms. The molecule has 1 heterocycles. The second kappa shape index (κ2) is 5.30. The Kier molecular flexibility index (Phi) is 3.83. The Morgan fingerprint density at radius 3 is 2.71 bits per heavy atom. The minimum absolute atomic E-state index is 0.116. The van der Waals surface area contributed by atoms with Crippen molar-refractivity contribution in [3.8, 4) is 5.75 Å². The highest BCUT2D eigenvalue weighted by atomic mass is 32.2. The van der Waals surface area contributed by atoms with Gasteiger partial charge in [0.05, 0.1) is 9.82 Å². The molecular weight excluding hydrogens is 302 g/mol. The number of nitro benzene ring substituents is 1. The third-order valence-electron chi connectivity index (χ3n) is 3.28. The van der Waals surface area contributed by atoms with Crippen molar-refractivity contribution in [2.45, 2.75) is 23.8 Å². The van der Waals surface area contributed by atoms with Gasteiger partial charge in [0.1, 0.15) is 6.04 Å². The van der Waals surface area contributed by atoms with Crippen LogP contribution in [0.2, 0.25) is 0 Å². The quantitative estimate of drug-likeness (QED) is 0.588. The summed E-state index contributed by atoms with van der Waals surface area (Å²) in [5.74, 6) is -1.39. The van der Waals surface area contributed by atoms with Crippen LogP contribution in [0.1, 0.15) is 12.8 Å². The van der Waals surface area contributed by atoms with Crippen LogP contribution in [0.4, 0.5) is 5.69 Å². The van der Waals surface area contributed by atoms with E-state index in [1.807, 2.05) is 0 Å². The van der Waals surface area contributed by atoms with E-state index in [4.69, 9.17) is 5.73 Å². The molecule has 0 bridgehead atoms. The second-order valence-electron chi connectivity index (χ2n) is 4.58. The molecule has 0 spiro atoms. The number of benzene rings is 1. The minimum atomic E-state index is -4.09. The summed E-state index contributed by atoms with van der Waals surface area (Å²) in [6, 6.07) is 1.79. The van der Waals surface area contributed by atoms with Gasteiger partial charge >= 0.3 is 5.69 Å². The van der Waals surface area contributed by atoms with E-state index in [0.29, 0.717) is 12.8 Å². The van der Waals surface area contributed by atoms with Crippen molar-refractivity contribution in [1.82, 2.24) is 4.31 Å². The molecule has 114 valence electrons. The fourth-order valence-corrected chi connectivity index (χ4v) is 3.94. The molecule has 1 aromatic carbocycles. The Bertz CT molecular complexity index is 702. The van der Waals surface area contributed by atoms with Crippen LogP contribution in [0.3, 0.4) is 0 Å². The van der Waals surface area contributed by atoms with Gasteiger partial charge in [0, 0.05) is 12.6 Å².